The number of aromatic nitrogens is 4. The highest BCUT2D eigenvalue weighted by Gasteiger charge is 2.28. The first kappa shape index (κ1) is 21.0. The number of benzene rings is 1. The molecule has 9 nitrogen and oxygen atoms in total. The third kappa shape index (κ3) is 3.66. The molecule has 0 unspecified atom stereocenters. The summed E-state index contributed by atoms with van der Waals surface area (Å²) in [4.78, 5) is 24.1. The normalized spacial score (nSPS) is 17.6. The minimum Gasteiger partial charge on any atom is -0.453 e. The van der Waals surface area contributed by atoms with Gasteiger partial charge in [0.2, 0.25) is 0 Å². The third-order valence-electron chi connectivity index (χ3n) is 7.02. The van der Waals surface area contributed by atoms with Crippen LogP contribution in [-0.2, 0) is 9.47 Å². The lowest BCUT2D eigenvalue weighted by molar-refractivity contribution is 0.112. The van der Waals surface area contributed by atoms with Gasteiger partial charge in [-0.05, 0) is 37.1 Å². The minimum absolute atomic E-state index is 0.258. The Kier molecular flexibility index (Phi) is 5.33. The van der Waals surface area contributed by atoms with Gasteiger partial charge in [-0.1, -0.05) is 6.07 Å². The van der Waals surface area contributed by atoms with Crippen LogP contribution in [-0.4, -0.2) is 77.1 Å². The maximum Gasteiger partial charge on any atom is 0.409 e. The van der Waals surface area contributed by atoms with Crippen LogP contribution < -0.4 is 4.90 Å². The van der Waals surface area contributed by atoms with E-state index in [2.05, 4.69) is 40.2 Å². The van der Waals surface area contributed by atoms with E-state index in [0.29, 0.717) is 26.3 Å². The van der Waals surface area contributed by atoms with Crippen molar-refractivity contribution in [2.24, 2.45) is 0 Å². The Labute approximate surface area is 197 Å². The molecule has 0 aliphatic carbocycles. The van der Waals surface area contributed by atoms with Crippen molar-refractivity contribution < 1.29 is 14.3 Å². The fourth-order valence-electron chi connectivity index (χ4n) is 5.13. The third-order valence-corrected chi connectivity index (χ3v) is 7.02. The van der Waals surface area contributed by atoms with Crippen LogP contribution in [0.1, 0.15) is 24.5 Å². The zero-order valence-corrected chi connectivity index (χ0v) is 19.2. The highest BCUT2D eigenvalue weighted by molar-refractivity contribution is 5.85. The van der Waals surface area contributed by atoms with Crippen LogP contribution in [0.15, 0.2) is 42.7 Å². The summed E-state index contributed by atoms with van der Waals surface area (Å²) in [5.74, 6) is 0.281. The Morgan fingerprint density at radius 1 is 1.12 bits per heavy atom. The van der Waals surface area contributed by atoms with Gasteiger partial charge in [-0.2, -0.15) is 5.10 Å². The Morgan fingerprint density at radius 2 is 1.94 bits per heavy atom. The molecule has 34 heavy (non-hydrogen) atoms. The molecule has 0 spiro atoms. The second-order valence-electron chi connectivity index (χ2n) is 8.94. The van der Waals surface area contributed by atoms with Crippen molar-refractivity contribution in [3.8, 4) is 11.3 Å². The van der Waals surface area contributed by atoms with Gasteiger partial charge in [0, 0.05) is 54.8 Å². The van der Waals surface area contributed by atoms with Gasteiger partial charge in [-0.15, -0.1) is 0 Å². The van der Waals surface area contributed by atoms with Gasteiger partial charge in [0.1, 0.15) is 0 Å². The summed E-state index contributed by atoms with van der Waals surface area (Å²) in [5, 5.41) is 6.24. The van der Waals surface area contributed by atoms with Gasteiger partial charge in [0.15, 0.2) is 5.65 Å². The van der Waals surface area contributed by atoms with E-state index < -0.39 is 0 Å². The van der Waals surface area contributed by atoms with Crippen LogP contribution in [0.4, 0.5) is 10.5 Å². The van der Waals surface area contributed by atoms with Crippen molar-refractivity contribution in [2.75, 3.05) is 51.4 Å². The van der Waals surface area contributed by atoms with Crippen molar-refractivity contribution in [2.45, 2.75) is 18.8 Å². The average molecular weight is 461 g/mol. The van der Waals surface area contributed by atoms with Crippen LogP contribution in [0.3, 0.4) is 0 Å². The predicted octanol–water partition coefficient (Wildman–Crippen LogP) is 3.66. The van der Waals surface area contributed by atoms with Crippen LogP contribution >= 0.6 is 0 Å². The molecule has 5 heterocycles. The minimum atomic E-state index is -0.258. The maximum atomic E-state index is 11.9. The van der Waals surface area contributed by atoms with Gasteiger partial charge in [-0.25, -0.2) is 14.3 Å². The highest BCUT2D eigenvalue weighted by Crippen LogP contribution is 2.33. The number of amides is 1. The molecular formula is C25H28N6O3. The van der Waals surface area contributed by atoms with Gasteiger partial charge in [-0.3, -0.25) is 0 Å². The SMILES string of the molecule is COC(=O)N1CCC(c2cnc3c(N4CCOCC4)cc(-c4ccc5[nH]ccc5c4)nn23)CC1. The summed E-state index contributed by atoms with van der Waals surface area (Å²) >= 11 is 0. The average Bonchev–Trinajstić information content (AvgIpc) is 3.55. The van der Waals surface area contributed by atoms with Crippen molar-refractivity contribution in [3.63, 3.8) is 0 Å². The molecule has 2 saturated heterocycles. The number of rotatable bonds is 3. The Balaban J connectivity index is 1.42. The number of piperidine rings is 1. The molecule has 1 aromatic carbocycles. The molecule has 0 atom stereocenters. The number of aromatic amines is 1. The highest BCUT2D eigenvalue weighted by atomic mass is 16.5. The number of likely N-dealkylation sites (tertiary alicyclic amines) is 1. The van der Waals surface area contributed by atoms with Crippen LogP contribution in [0.2, 0.25) is 0 Å². The molecule has 0 bridgehead atoms. The molecule has 2 aliphatic heterocycles. The van der Waals surface area contributed by atoms with Gasteiger partial charge >= 0.3 is 6.09 Å². The number of anilines is 1. The molecule has 9 heteroatoms. The zero-order valence-electron chi connectivity index (χ0n) is 19.2. The molecule has 2 fully saturated rings. The summed E-state index contributed by atoms with van der Waals surface area (Å²) in [7, 11) is 1.43. The standard InChI is InChI=1S/C25H28N6O3/c1-33-25(32)30-8-5-17(6-9-30)23-16-27-24-22(29-10-12-34-13-11-29)15-21(28-31(23)24)18-2-3-20-19(14-18)4-7-26-20/h2-4,7,14-17,26H,5-6,8-13H2,1H3. The first-order valence-corrected chi connectivity index (χ1v) is 11.8. The number of nitrogens with one attached hydrogen (secondary N) is 1. The number of hydrogen-bond acceptors (Lipinski definition) is 6. The summed E-state index contributed by atoms with van der Waals surface area (Å²) in [6.07, 6.45) is 5.38. The van der Waals surface area contributed by atoms with E-state index in [4.69, 9.17) is 19.6 Å². The van der Waals surface area contributed by atoms with E-state index in [1.54, 1.807) is 4.90 Å². The molecule has 0 saturated carbocycles. The number of carbonyl (C=O) groups excluding carboxylic acids is 1. The quantitative estimate of drug-likeness (QED) is 0.502. The van der Waals surface area contributed by atoms with E-state index in [9.17, 15) is 4.79 Å². The van der Waals surface area contributed by atoms with Crippen molar-refractivity contribution in [1.82, 2.24) is 24.5 Å². The second-order valence-corrected chi connectivity index (χ2v) is 8.94. The maximum absolute atomic E-state index is 11.9. The molecule has 1 amide bonds. The van der Waals surface area contributed by atoms with Gasteiger partial charge < -0.3 is 24.3 Å². The van der Waals surface area contributed by atoms with Gasteiger partial charge in [0.25, 0.3) is 0 Å². The second kappa shape index (κ2) is 8.64. The fraction of sp³-hybridized carbons (Fsp3) is 0.400. The first-order valence-electron chi connectivity index (χ1n) is 11.8. The number of nitrogens with zero attached hydrogens (tertiary/aromatic N) is 5. The number of ether oxygens (including phenoxy) is 2. The summed E-state index contributed by atoms with van der Waals surface area (Å²) in [5.41, 5.74) is 6.16. The van der Waals surface area contributed by atoms with E-state index in [1.165, 1.54) is 7.11 Å². The molecule has 3 aromatic heterocycles. The van der Waals surface area contributed by atoms with E-state index in [1.807, 2.05) is 16.9 Å². The van der Waals surface area contributed by atoms with Crippen LogP contribution in [0.25, 0.3) is 27.8 Å². The zero-order chi connectivity index (χ0) is 23.1. The number of methoxy groups -OCH3 is 1. The van der Waals surface area contributed by atoms with Crippen molar-refractivity contribution in [3.05, 3.63) is 48.4 Å². The molecular weight excluding hydrogens is 432 g/mol. The lowest BCUT2D eigenvalue weighted by Crippen LogP contribution is -2.38. The number of imidazole rings is 1. The summed E-state index contributed by atoms with van der Waals surface area (Å²) in [6.45, 7) is 4.41. The topological polar surface area (TPSA) is 88.0 Å². The lowest BCUT2D eigenvalue weighted by Gasteiger charge is -2.31. The lowest BCUT2D eigenvalue weighted by atomic mass is 9.94. The van der Waals surface area contributed by atoms with Crippen LogP contribution in [0.5, 0.6) is 0 Å². The molecule has 0 radical (unpaired) electrons. The number of carbonyl (C=O) groups is 1. The monoisotopic (exact) mass is 460 g/mol. The summed E-state index contributed by atoms with van der Waals surface area (Å²) < 4.78 is 12.5. The molecule has 1 N–H and O–H groups in total. The van der Waals surface area contributed by atoms with Crippen molar-refractivity contribution in [1.29, 1.82) is 0 Å². The Morgan fingerprint density at radius 3 is 2.74 bits per heavy atom. The number of H-pyrrole nitrogens is 1. The van der Waals surface area contributed by atoms with E-state index in [0.717, 1.165) is 65.1 Å². The van der Waals surface area contributed by atoms with E-state index >= 15 is 0 Å². The Bertz CT molecular complexity index is 1330. The number of morpholine rings is 1. The van der Waals surface area contributed by atoms with Crippen LogP contribution in [0, 0.1) is 0 Å². The number of hydrogen-bond donors (Lipinski definition) is 1. The largest absolute Gasteiger partial charge is 0.453 e. The van der Waals surface area contributed by atoms with E-state index in [-0.39, 0.29) is 12.0 Å². The summed E-state index contributed by atoms with van der Waals surface area (Å²) in [6, 6.07) is 10.6. The van der Waals surface area contributed by atoms with Crippen molar-refractivity contribution >= 4 is 28.3 Å². The Hall–Kier alpha value is -3.59. The predicted molar refractivity (Wildman–Crippen MR) is 129 cm³/mol. The molecule has 4 aromatic rings. The fourth-order valence-corrected chi connectivity index (χ4v) is 5.13. The molecule has 2 aliphatic rings. The molecule has 176 valence electrons. The molecule has 6 rings (SSSR count). The first-order chi connectivity index (χ1) is 16.7. The van der Waals surface area contributed by atoms with Gasteiger partial charge in [0.05, 0.1) is 43.6 Å². The number of fused-ring (bicyclic) bond motifs is 2. The smallest absolute Gasteiger partial charge is 0.409 e.